The molecule has 0 fully saturated rings. The standard InChI is InChI=1S/C13H10O5S/c1-18-9-8(7-5-3-2-4-6-7)10(12(14)15)19-11(9)13(16)17/h2-6H,1H3,(H,14,15)(H,16,17). The maximum absolute atomic E-state index is 11.3. The lowest BCUT2D eigenvalue weighted by Crippen LogP contribution is -1.97. The van der Waals surface area contributed by atoms with Gasteiger partial charge in [-0.2, -0.15) is 0 Å². The summed E-state index contributed by atoms with van der Waals surface area (Å²) in [4.78, 5) is 22.2. The highest BCUT2D eigenvalue weighted by atomic mass is 32.1. The van der Waals surface area contributed by atoms with E-state index in [-0.39, 0.29) is 15.5 Å². The number of carboxylic acid groups (broad SMARTS) is 2. The topological polar surface area (TPSA) is 83.8 Å². The monoisotopic (exact) mass is 278 g/mol. The molecule has 1 aromatic heterocycles. The third kappa shape index (κ3) is 2.30. The van der Waals surface area contributed by atoms with Crippen LogP contribution in [0.15, 0.2) is 30.3 Å². The van der Waals surface area contributed by atoms with E-state index < -0.39 is 11.9 Å². The molecule has 0 amide bonds. The lowest BCUT2D eigenvalue weighted by Gasteiger charge is -2.05. The summed E-state index contributed by atoms with van der Waals surface area (Å²) in [6.45, 7) is 0. The molecule has 0 radical (unpaired) electrons. The molecule has 2 aromatic rings. The van der Waals surface area contributed by atoms with Gasteiger partial charge in [-0.1, -0.05) is 30.3 Å². The maximum Gasteiger partial charge on any atom is 0.349 e. The van der Waals surface area contributed by atoms with Crippen molar-refractivity contribution in [1.29, 1.82) is 0 Å². The molecule has 0 spiro atoms. The van der Waals surface area contributed by atoms with Gasteiger partial charge in [-0.25, -0.2) is 9.59 Å². The van der Waals surface area contributed by atoms with E-state index in [0.717, 1.165) is 0 Å². The summed E-state index contributed by atoms with van der Waals surface area (Å²) in [5, 5.41) is 18.3. The van der Waals surface area contributed by atoms with Crippen molar-refractivity contribution in [3.8, 4) is 16.9 Å². The average molecular weight is 278 g/mol. The van der Waals surface area contributed by atoms with E-state index in [1.807, 2.05) is 0 Å². The Bertz CT molecular complexity index is 630. The summed E-state index contributed by atoms with van der Waals surface area (Å²) >= 11 is 0.698. The molecule has 1 heterocycles. The first kappa shape index (κ1) is 13.1. The molecule has 6 heteroatoms. The van der Waals surface area contributed by atoms with Crippen molar-refractivity contribution in [2.45, 2.75) is 0 Å². The fourth-order valence-electron chi connectivity index (χ4n) is 1.77. The predicted molar refractivity (Wildman–Crippen MR) is 70.2 cm³/mol. The number of ether oxygens (including phenoxy) is 1. The first-order chi connectivity index (χ1) is 9.06. The minimum Gasteiger partial charge on any atom is -0.494 e. The van der Waals surface area contributed by atoms with Crippen LogP contribution in [0.5, 0.6) is 5.75 Å². The second-order valence-corrected chi connectivity index (χ2v) is 4.67. The van der Waals surface area contributed by atoms with E-state index in [0.29, 0.717) is 22.5 Å². The summed E-state index contributed by atoms with van der Waals surface area (Å²) in [5.41, 5.74) is 0.915. The number of carboxylic acids is 2. The molecule has 2 N–H and O–H groups in total. The molecule has 0 unspecified atom stereocenters. The van der Waals surface area contributed by atoms with Crippen LogP contribution in [-0.2, 0) is 0 Å². The van der Waals surface area contributed by atoms with Gasteiger partial charge in [-0.3, -0.25) is 0 Å². The highest BCUT2D eigenvalue weighted by Crippen LogP contribution is 2.42. The molecule has 0 aliphatic rings. The first-order valence-corrected chi connectivity index (χ1v) is 6.10. The van der Waals surface area contributed by atoms with Crippen LogP contribution in [-0.4, -0.2) is 29.3 Å². The van der Waals surface area contributed by atoms with Crippen LogP contribution in [0.4, 0.5) is 0 Å². The molecular weight excluding hydrogens is 268 g/mol. The predicted octanol–water partition coefficient (Wildman–Crippen LogP) is 2.82. The van der Waals surface area contributed by atoms with Crippen molar-refractivity contribution in [3.63, 3.8) is 0 Å². The fraction of sp³-hybridized carbons (Fsp3) is 0.0769. The molecular formula is C13H10O5S. The van der Waals surface area contributed by atoms with Gasteiger partial charge >= 0.3 is 11.9 Å². The zero-order valence-corrected chi connectivity index (χ0v) is 10.7. The Morgan fingerprint density at radius 3 is 2.11 bits per heavy atom. The van der Waals surface area contributed by atoms with Crippen LogP contribution in [0, 0.1) is 0 Å². The summed E-state index contributed by atoms with van der Waals surface area (Å²) in [6.07, 6.45) is 0. The SMILES string of the molecule is COc1c(C(=O)O)sc(C(=O)O)c1-c1ccccc1. The number of hydrogen-bond acceptors (Lipinski definition) is 4. The molecule has 0 aliphatic heterocycles. The first-order valence-electron chi connectivity index (χ1n) is 5.29. The minimum atomic E-state index is -1.20. The van der Waals surface area contributed by atoms with Gasteiger partial charge in [0.2, 0.25) is 0 Å². The Balaban J connectivity index is 2.76. The van der Waals surface area contributed by atoms with E-state index in [1.165, 1.54) is 7.11 Å². The normalized spacial score (nSPS) is 10.2. The van der Waals surface area contributed by atoms with Crippen molar-refractivity contribution in [2.24, 2.45) is 0 Å². The van der Waals surface area contributed by atoms with Crippen LogP contribution in [0.25, 0.3) is 11.1 Å². The number of benzene rings is 1. The number of methoxy groups -OCH3 is 1. The fourth-order valence-corrected chi connectivity index (χ4v) is 2.74. The van der Waals surface area contributed by atoms with Gasteiger partial charge in [-0.05, 0) is 5.56 Å². The van der Waals surface area contributed by atoms with Gasteiger partial charge in [0, 0.05) is 0 Å². The highest BCUT2D eigenvalue weighted by molar-refractivity contribution is 7.16. The van der Waals surface area contributed by atoms with Crippen molar-refractivity contribution in [3.05, 3.63) is 40.1 Å². The van der Waals surface area contributed by atoms with E-state index >= 15 is 0 Å². The maximum atomic E-state index is 11.3. The Morgan fingerprint density at radius 2 is 1.63 bits per heavy atom. The van der Waals surface area contributed by atoms with E-state index in [1.54, 1.807) is 30.3 Å². The molecule has 0 bridgehead atoms. The van der Waals surface area contributed by atoms with Gasteiger partial charge in [0.25, 0.3) is 0 Å². The zero-order chi connectivity index (χ0) is 14.0. The lowest BCUT2D eigenvalue weighted by atomic mass is 10.0. The summed E-state index contributed by atoms with van der Waals surface area (Å²) < 4.78 is 5.09. The Hall–Kier alpha value is -2.34. The quantitative estimate of drug-likeness (QED) is 0.898. The van der Waals surface area contributed by atoms with Crippen molar-refractivity contribution in [2.75, 3.05) is 7.11 Å². The highest BCUT2D eigenvalue weighted by Gasteiger charge is 2.27. The molecule has 5 nitrogen and oxygen atoms in total. The lowest BCUT2D eigenvalue weighted by molar-refractivity contribution is 0.0691. The third-order valence-electron chi connectivity index (χ3n) is 2.52. The van der Waals surface area contributed by atoms with Crippen molar-refractivity contribution < 1.29 is 24.5 Å². The van der Waals surface area contributed by atoms with E-state index in [9.17, 15) is 14.7 Å². The number of thiophene rings is 1. The van der Waals surface area contributed by atoms with Crippen LogP contribution in [0.3, 0.4) is 0 Å². The van der Waals surface area contributed by atoms with Gasteiger partial charge in [0.1, 0.15) is 4.88 Å². The third-order valence-corrected chi connectivity index (χ3v) is 3.67. The largest absolute Gasteiger partial charge is 0.494 e. The Kier molecular flexibility index (Phi) is 3.52. The van der Waals surface area contributed by atoms with Crippen LogP contribution >= 0.6 is 11.3 Å². The summed E-state index contributed by atoms with van der Waals surface area (Å²) in [6, 6.07) is 8.71. The molecule has 0 saturated heterocycles. The van der Waals surface area contributed by atoms with Gasteiger partial charge in [0.15, 0.2) is 10.6 Å². The molecule has 0 saturated carbocycles. The summed E-state index contributed by atoms with van der Waals surface area (Å²) in [7, 11) is 1.33. The van der Waals surface area contributed by atoms with Crippen LogP contribution < -0.4 is 4.74 Å². The second kappa shape index (κ2) is 5.11. The van der Waals surface area contributed by atoms with Gasteiger partial charge in [0.05, 0.1) is 12.7 Å². The molecule has 0 aliphatic carbocycles. The number of carbonyl (C=O) groups is 2. The molecule has 98 valence electrons. The van der Waals surface area contributed by atoms with Gasteiger partial charge in [-0.15, -0.1) is 11.3 Å². The molecule has 2 rings (SSSR count). The molecule has 1 aromatic carbocycles. The second-order valence-electron chi connectivity index (χ2n) is 3.64. The van der Waals surface area contributed by atoms with E-state index in [2.05, 4.69) is 0 Å². The molecule has 0 atom stereocenters. The zero-order valence-electron chi connectivity index (χ0n) is 9.91. The Labute approximate surface area is 112 Å². The van der Waals surface area contributed by atoms with Crippen LogP contribution in [0.1, 0.15) is 19.3 Å². The number of aromatic carboxylic acids is 2. The van der Waals surface area contributed by atoms with Crippen molar-refractivity contribution >= 4 is 23.3 Å². The number of rotatable bonds is 4. The Morgan fingerprint density at radius 1 is 1.05 bits per heavy atom. The smallest absolute Gasteiger partial charge is 0.349 e. The number of hydrogen-bond donors (Lipinski definition) is 2. The van der Waals surface area contributed by atoms with E-state index in [4.69, 9.17) is 9.84 Å². The average Bonchev–Trinajstić information content (AvgIpc) is 2.79. The molecule has 19 heavy (non-hydrogen) atoms. The van der Waals surface area contributed by atoms with Crippen LogP contribution in [0.2, 0.25) is 0 Å². The minimum absolute atomic E-state index is 0.0412. The summed E-state index contributed by atoms with van der Waals surface area (Å²) in [5.74, 6) is -2.29. The van der Waals surface area contributed by atoms with Crippen molar-refractivity contribution in [1.82, 2.24) is 0 Å². The van der Waals surface area contributed by atoms with Gasteiger partial charge < -0.3 is 14.9 Å².